The largest absolute Gasteiger partial charge is 0.381 e. The number of nitrogens with zero attached hydrogens (tertiary/aromatic N) is 3. The van der Waals surface area contributed by atoms with Crippen molar-refractivity contribution in [3.8, 4) is 0 Å². The minimum absolute atomic E-state index is 0.180. The van der Waals surface area contributed by atoms with Crippen LogP contribution in [0, 0.1) is 0 Å². The molecule has 1 aromatic rings. The average Bonchev–Trinajstić information content (AvgIpc) is 3.06. The Morgan fingerprint density at radius 3 is 2.30 bits per heavy atom. The van der Waals surface area contributed by atoms with Gasteiger partial charge in [-0.3, -0.25) is 4.90 Å². The smallest absolute Gasteiger partial charge is 0.243 e. The molecule has 1 aromatic heterocycles. The maximum Gasteiger partial charge on any atom is 0.243 e. The Bertz CT molecular complexity index is 477. The molecule has 23 heavy (non-hydrogen) atoms. The van der Waals surface area contributed by atoms with Crippen LogP contribution in [-0.2, 0) is 9.47 Å². The maximum absolute atomic E-state index is 6.24. The molecule has 6 heteroatoms. The number of hydrogen-bond acceptors (Lipinski definition) is 6. The third-order valence-corrected chi connectivity index (χ3v) is 4.91. The van der Waals surface area contributed by atoms with E-state index in [1.54, 1.807) is 0 Å². The van der Waals surface area contributed by atoms with E-state index in [9.17, 15) is 0 Å². The van der Waals surface area contributed by atoms with E-state index >= 15 is 0 Å². The van der Waals surface area contributed by atoms with Crippen LogP contribution in [0.1, 0.15) is 70.1 Å². The molecule has 0 unspecified atom stereocenters. The molecular formula is C17H29N3O3. The summed E-state index contributed by atoms with van der Waals surface area (Å²) in [6.07, 6.45) is 5.00. The number of piperidine rings is 1. The summed E-state index contributed by atoms with van der Waals surface area (Å²) in [5, 5.41) is 4.07. The molecule has 6 nitrogen and oxygen atoms in total. The molecule has 0 aromatic carbocycles. The summed E-state index contributed by atoms with van der Waals surface area (Å²) < 4.78 is 17.1. The van der Waals surface area contributed by atoms with Crippen molar-refractivity contribution in [2.45, 2.75) is 70.6 Å². The van der Waals surface area contributed by atoms with Gasteiger partial charge in [0.25, 0.3) is 0 Å². The van der Waals surface area contributed by atoms with E-state index in [0.717, 1.165) is 63.7 Å². The summed E-state index contributed by atoms with van der Waals surface area (Å²) in [4.78, 5) is 6.95. The van der Waals surface area contributed by atoms with Gasteiger partial charge in [-0.05, 0) is 32.6 Å². The third kappa shape index (κ3) is 4.31. The number of ether oxygens (including phenoxy) is 2. The van der Waals surface area contributed by atoms with E-state index in [2.05, 4.69) is 35.8 Å². The van der Waals surface area contributed by atoms with Crippen molar-refractivity contribution < 1.29 is 14.0 Å². The van der Waals surface area contributed by atoms with Crippen LogP contribution in [0.3, 0.4) is 0 Å². The van der Waals surface area contributed by atoms with Crippen molar-refractivity contribution in [2.24, 2.45) is 0 Å². The van der Waals surface area contributed by atoms with Gasteiger partial charge in [0.15, 0.2) is 5.82 Å². The summed E-state index contributed by atoms with van der Waals surface area (Å²) in [6, 6.07) is 0.180. The van der Waals surface area contributed by atoms with Crippen LogP contribution in [0.5, 0.6) is 0 Å². The van der Waals surface area contributed by atoms with E-state index in [0.29, 0.717) is 18.1 Å². The summed E-state index contributed by atoms with van der Waals surface area (Å²) in [5.41, 5.74) is 0. The van der Waals surface area contributed by atoms with Crippen LogP contribution in [-0.4, -0.2) is 53.6 Å². The molecule has 0 aliphatic carbocycles. The van der Waals surface area contributed by atoms with Gasteiger partial charge in [0.2, 0.25) is 5.89 Å². The SMILES string of the molecule is CC(C)c1noc([C@H](C)N2CCC(OC3CCOCC3)CC2)n1. The number of hydrogen-bond donors (Lipinski definition) is 0. The molecule has 0 N–H and O–H groups in total. The third-order valence-electron chi connectivity index (χ3n) is 4.91. The number of rotatable bonds is 5. The predicted octanol–water partition coefficient (Wildman–Crippen LogP) is 2.91. The van der Waals surface area contributed by atoms with Gasteiger partial charge in [-0.25, -0.2) is 0 Å². The highest BCUT2D eigenvalue weighted by Gasteiger charge is 2.29. The zero-order valence-electron chi connectivity index (χ0n) is 14.5. The molecular weight excluding hydrogens is 294 g/mol. The molecule has 0 radical (unpaired) electrons. The van der Waals surface area contributed by atoms with Crippen molar-refractivity contribution in [1.29, 1.82) is 0 Å². The highest BCUT2D eigenvalue weighted by molar-refractivity contribution is 4.96. The van der Waals surface area contributed by atoms with Crippen LogP contribution in [0.2, 0.25) is 0 Å². The van der Waals surface area contributed by atoms with E-state index in [-0.39, 0.29) is 6.04 Å². The van der Waals surface area contributed by atoms with Crippen molar-refractivity contribution in [1.82, 2.24) is 15.0 Å². The van der Waals surface area contributed by atoms with Crippen LogP contribution >= 0.6 is 0 Å². The normalized spacial score (nSPS) is 23.5. The standard InChI is InChI=1S/C17H29N3O3/c1-12(2)16-18-17(23-19-16)13(3)20-8-4-14(5-9-20)22-15-6-10-21-11-7-15/h12-15H,4-11H2,1-3H3/t13-/m0/s1. The topological polar surface area (TPSA) is 60.6 Å². The lowest BCUT2D eigenvalue weighted by Gasteiger charge is -2.36. The van der Waals surface area contributed by atoms with Gasteiger partial charge in [0.1, 0.15) is 0 Å². The van der Waals surface area contributed by atoms with Crippen LogP contribution in [0.4, 0.5) is 0 Å². The van der Waals surface area contributed by atoms with Crippen molar-refractivity contribution in [3.63, 3.8) is 0 Å². The van der Waals surface area contributed by atoms with E-state index in [1.165, 1.54) is 0 Å². The molecule has 2 saturated heterocycles. The van der Waals surface area contributed by atoms with Crippen molar-refractivity contribution in [3.05, 3.63) is 11.7 Å². The number of aromatic nitrogens is 2. The highest BCUT2D eigenvalue weighted by atomic mass is 16.5. The molecule has 2 aliphatic heterocycles. The lowest BCUT2D eigenvalue weighted by atomic mass is 10.0. The average molecular weight is 323 g/mol. The van der Waals surface area contributed by atoms with Crippen LogP contribution < -0.4 is 0 Å². The van der Waals surface area contributed by atoms with Gasteiger partial charge in [-0.1, -0.05) is 19.0 Å². The van der Waals surface area contributed by atoms with Gasteiger partial charge in [0.05, 0.1) is 18.2 Å². The molecule has 0 bridgehead atoms. The Morgan fingerprint density at radius 1 is 1.04 bits per heavy atom. The fourth-order valence-electron chi connectivity index (χ4n) is 3.29. The van der Waals surface area contributed by atoms with Gasteiger partial charge >= 0.3 is 0 Å². The molecule has 1 atom stereocenters. The zero-order valence-corrected chi connectivity index (χ0v) is 14.5. The Morgan fingerprint density at radius 2 is 1.70 bits per heavy atom. The van der Waals surface area contributed by atoms with Crippen molar-refractivity contribution in [2.75, 3.05) is 26.3 Å². The second kappa shape index (κ2) is 7.73. The Hall–Kier alpha value is -0.980. The molecule has 0 spiro atoms. The minimum Gasteiger partial charge on any atom is -0.381 e. The lowest BCUT2D eigenvalue weighted by Crippen LogP contribution is -2.40. The molecule has 3 rings (SSSR count). The predicted molar refractivity (Wildman–Crippen MR) is 86.3 cm³/mol. The van der Waals surface area contributed by atoms with Crippen LogP contribution in [0.25, 0.3) is 0 Å². The quantitative estimate of drug-likeness (QED) is 0.830. The lowest BCUT2D eigenvalue weighted by molar-refractivity contribution is -0.0876. The van der Waals surface area contributed by atoms with Gasteiger partial charge in [-0.15, -0.1) is 0 Å². The van der Waals surface area contributed by atoms with Crippen molar-refractivity contribution >= 4 is 0 Å². The summed E-state index contributed by atoms with van der Waals surface area (Å²) in [7, 11) is 0. The first kappa shape index (κ1) is 16.9. The monoisotopic (exact) mass is 323 g/mol. The summed E-state index contributed by atoms with van der Waals surface area (Å²) in [5.74, 6) is 1.83. The van der Waals surface area contributed by atoms with Crippen LogP contribution in [0.15, 0.2) is 4.52 Å². The van der Waals surface area contributed by atoms with Gasteiger partial charge in [-0.2, -0.15) is 4.98 Å². The highest BCUT2D eigenvalue weighted by Crippen LogP contribution is 2.26. The molecule has 2 aliphatic rings. The summed E-state index contributed by atoms with van der Waals surface area (Å²) in [6.45, 7) is 10.0. The van der Waals surface area contributed by atoms with E-state index in [4.69, 9.17) is 14.0 Å². The first-order chi connectivity index (χ1) is 11.1. The second-order valence-corrected chi connectivity index (χ2v) is 7.00. The Labute approximate surface area is 138 Å². The number of likely N-dealkylation sites (tertiary alicyclic amines) is 1. The van der Waals surface area contributed by atoms with Gasteiger partial charge in [0, 0.05) is 32.2 Å². The Kier molecular flexibility index (Phi) is 5.67. The second-order valence-electron chi connectivity index (χ2n) is 7.00. The van der Waals surface area contributed by atoms with E-state index < -0.39 is 0 Å². The van der Waals surface area contributed by atoms with E-state index in [1.807, 2.05) is 0 Å². The minimum atomic E-state index is 0.180. The molecule has 2 fully saturated rings. The Balaban J connectivity index is 1.47. The molecule has 3 heterocycles. The molecule has 130 valence electrons. The zero-order chi connectivity index (χ0) is 16.2. The first-order valence-corrected chi connectivity index (χ1v) is 8.94. The fraction of sp³-hybridized carbons (Fsp3) is 0.882. The molecule has 0 amide bonds. The molecule has 0 saturated carbocycles. The summed E-state index contributed by atoms with van der Waals surface area (Å²) >= 11 is 0. The van der Waals surface area contributed by atoms with Gasteiger partial charge < -0.3 is 14.0 Å². The first-order valence-electron chi connectivity index (χ1n) is 8.94. The maximum atomic E-state index is 6.24. The fourth-order valence-corrected chi connectivity index (χ4v) is 3.29.